The summed E-state index contributed by atoms with van der Waals surface area (Å²) in [7, 11) is 0. The van der Waals surface area contributed by atoms with Gasteiger partial charge >= 0.3 is 0 Å². The second-order valence-corrected chi connectivity index (χ2v) is 8.50. The van der Waals surface area contributed by atoms with Crippen LogP contribution >= 0.6 is 11.3 Å². The number of fused-ring (bicyclic) bond motifs is 3. The van der Waals surface area contributed by atoms with Crippen molar-refractivity contribution < 1.29 is 9.64 Å². The molecule has 0 saturated carbocycles. The molecule has 0 radical (unpaired) electrons. The monoisotopic (exact) mass is 381 g/mol. The van der Waals surface area contributed by atoms with E-state index in [-0.39, 0.29) is 0 Å². The summed E-state index contributed by atoms with van der Waals surface area (Å²) in [6, 6.07) is 8.77. The normalized spacial score (nSPS) is 17.3. The van der Waals surface area contributed by atoms with Crippen molar-refractivity contribution in [3.8, 4) is 0 Å². The van der Waals surface area contributed by atoms with Gasteiger partial charge in [-0.05, 0) is 30.4 Å². The molecule has 140 valence electrons. The molecule has 1 aliphatic carbocycles. The molecule has 27 heavy (non-hydrogen) atoms. The molecule has 2 aliphatic rings. The van der Waals surface area contributed by atoms with Gasteiger partial charge in [-0.25, -0.2) is 9.97 Å². The van der Waals surface area contributed by atoms with Crippen LogP contribution in [0.2, 0.25) is 0 Å². The molecule has 6 heteroatoms. The number of aromatic nitrogens is 2. The standard InChI is InChI=1S/C21H24N4OS/c1-2-5-16(13-25-8-10-26-11-9-25)15(4-1)12-22-20-19-17-6-3-7-18(17)27-21(19)24-14-23-20/h1-2,4-5,14H,3,6-13H2,(H,22,23,24)/p+1. The lowest BCUT2D eigenvalue weighted by Crippen LogP contribution is -3.12. The Hall–Kier alpha value is -2.02. The zero-order valence-corrected chi connectivity index (χ0v) is 16.3. The smallest absolute Gasteiger partial charge is 0.138 e. The third kappa shape index (κ3) is 3.45. The van der Waals surface area contributed by atoms with E-state index in [1.165, 1.54) is 39.8 Å². The minimum Gasteiger partial charge on any atom is -0.370 e. The van der Waals surface area contributed by atoms with Crippen LogP contribution in [0, 0.1) is 0 Å². The highest BCUT2D eigenvalue weighted by molar-refractivity contribution is 7.19. The first-order chi connectivity index (χ1) is 13.4. The lowest BCUT2D eigenvalue weighted by molar-refractivity contribution is -0.921. The maximum atomic E-state index is 5.50. The predicted octanol–water partition coefficient (Wildman–Crippen LogP) is 2.21. The van der Waals surface area contributed by atoms with Crippen molar-refractivity contribution in [3.63, 3.8) is 0 Å². The Morgan fingerprint density at radius 3 is 2.81 bits per heavy atom. The van der Waals surface area contributed by atoms with Crippen molar-refractivity contribution in [2.45, 2.75) is 32.4 Å². The second-order valence-electron chi connectivity index (χ2n) is 7.42. The van der Waals surface area contributed by atoms with Crippen LogP contribution in [0.25, 0.3) is 10.2 Å². The van der Waals surface area contributed by atoms with Gasteiger partial charge in [-0.3, -0.25) is 0 Å². The van der Waals surface area contributed by atoms with Gasteiger partial charge in [-0.2, -0.15) is 0 Å². The number of thiophene rings is 1. The first-order valence-corrected chi connectivity index (χ1v) is 10.7. The highest BCUT2D eigenvalue weighted by Gasteiger charge is 2.21. The summed E-state index contributed by atoms with van der Waals surface area (Å²) in [5.74, 6) is 0.993. The largest absolute Gasteiger partial charge is 0.370 e. The van der Waals surface area contributed by atoms with Crippen LogP contribution in [0.5, 0.6) is 0 Å². The van der Waals surface area contributed by atoms with Gasteiger partial charge in [0.25, 0.3) is 0 Å². The fourth-order valence-corrected chi connectivity index (χ4v) is 5.48. The number of benzene rings is 1. The molecule has 0 bridgehead atoms. The summed E-state index contributed by atoms with van der Waals surface area (Å²) >= 11 is 1.84. The number of nitrogens with one attached hydrogen (secondary N) is 2. The van der Waals surface area contributed by atoms with Gasteiger partial charge in [-0.1, -0.05) is 24.3 Å². The first-order valence-electron chi connectivity index (χ1n) is 9.85. The molecular weight excluding hydrogens is 356 g/mol. The second kappa shape index (κ2) is 7.54. The molecule has 1 aromatic carbocycles. The van der Waals surface area contributed by atoms with Crippen LogP contribution in [0.3, 0.4) is 0 Å². The molecule has 0 spiro atoms. The Kier molecular flexibility index (Phi) is 4.78. The highest BCUT2D eigenvalue weighted by atomic mass is 32.1. The third-order valence-electron chi connectivity index (χ3n) is 5.71. The summed E-state index contributed by atoms with van der Waals surface area (Å²) in [6.45, 7) is 5.80. The number of hydrogen-bond acceptors (Lipinski definition) is 5. The molecule has 1 fully saturated rings. The molecule has 2 N–H and O–H groups in total. The van der Waals surface area contributed by atoms with E-state index in [2.05, 4.69) is 39.6 Å². The minimum atomic E-state index is 0.802. The van der Waals surface area contributed by atoms with Crippen molar-refractivity contribution in [3.05, 3.63) is 52.2 Å². The number of ether oxygens (including phenoxy) is 1. The van der Waals surface area contributed by atoms with Crippen molar-refractivity contribution in [2.75, 3.05) is 31.6 Å². The van der Waals surface area contributed by atoms with E-state index in [0.29, 0.717) is 0 Å². The van der Waals surface area contributed by atoms with Gasteiger partial charge in [-0.15, -0.1) is 11.3 Å². The fraction of sp³-hybridized carbons (Fsp3) is 0.429. The van der Waals surface area contributed by atoms with Gasteiger partial charge < -0.3 is 15.0 Å². The van der Waals surface area contributed by atoms with E-state index in [4.69, 9.17) is 4.74 Å². The van der Waals surface area contributed by atoms with E-state index >= 15 is 0 Å². The average Bonchev–Trinajstić information content (AvgIpc) is 3.29. The Morgan fingerprint density at radius 2 is 1.93 bits per heavy atom. The van der Waals surface area contributed by atoms with E-state index in [1.54, 1.807) is 11.2 Å². The molecule has 3 heterocycles. The summed E-state index contributed by atoms with van der Waals surface area (Å²) in [5, 5.41) is 4.87. The summed E-state index contributed by atoms with van der Waals surface area (Å²) in [5.41, 5.74) is 4.25. The molecular formula is C21H25N4OS+. The number of rotatable bonds is 5. The lowest BCUT2D eigenvalue weighted by Gasteiger charge is -2.24. The van der Waals surface area contributed by atoms with E-state index < -0.39 is 0 Å². The maximum Gasteiger partial charge on any atom is 0.138 e. The first kappa shape index (κ1) is 17.1. The zero-order chi connectivity index (χ0) is 18.1. The predicted molar refractivity (Wildman–Crippen MR) is 108 cm³/mol. The Balaban J connectivity index is 1.37. The Morgan fingerprint density at radius 1 is 1.07 bits per heavy atom. The number of morpholine rings is 1. The van der Waals surface area contributed by atoms with Crippen LogP contribution in [0.15, 0.2) is 30.6 Å². The molecule has 0 unspecified atom stereocenters. The molecule has 5 nitrogen and oxygen atoms in total. The van der Waals surface area contributed by atoms with Crippen molar-refractivity contribution >= 4 is 27.4 Å². The number of quaternary nitrogens is 1. The molecule has 2 aromatic heterocycles. The van der Waals surface area contributed by atoms with Gasteiger partial charge in [0.05, 0.1) is 18.6 Å². The Labute approximate surface area is 163 Å². The zero-order valence-electron chi connectivity index (χ0n) is 15.5. The van der Waals surface area contributed by atoms with Gasteiger partial charge in [0.1, 0.15) is 36.6 Å². The summed E-state index contributed by atoms with van der Waals surface area (Å²) in [4.78, 5) is 13.3. The van der Waals surface area contributed by atoms with Gasteiger partial charge in [0.15, 0.2) is 0 Å². The van der Waals surface area contributed by atoms with Crippen LogP contribution in [0.1, 0.15) is 28.0 Å². The molecule has 0 atom stereocenters. The average molecular weight is 382 g/mol. The van der Waals surface area contributed by atoms with Crippen LogP contribution in [-0.4, -0.2) is 36.3 Å². The number of hydrogen-bond donors (Lipinski definition) is 2. The molecule has 5 rings (SSSR count). The molecule has 1 aliphatic heterocycles. The van der Waals surface area contributed by atoms with Crippen molar-refractivity contribution in [1.29, 1.82) is 0 Å². The van der Waals surface area contributed by atoms with E-state index in [1.807, 2.05) is 11.3 Å². The third-order valence-corrected chi connectivity index (χ3v) is 6.91. The maximum absolute atomic E-state index is 5.50. The molecule has 0 amide bonds. The summed E-state index contributed by atoms with van der Waals surface area (Å²) in [6.07, 6.45) is 5.31. The number of nitrogens with zero attached hydrogens (tertiary/aromatic N) is 2. The topological polar surface area (TPSA) is 51.5 Å². The number of aryl methyl sites for hydroxylation is 2. The van der Waals surface area contributed by atoms with E-state index in [9.17, 15) is 0 Å². The Bertz CT molecular complexity index is 949. The van der Waals surface area contributed by atoms with Gasteiger partial charge in [0, 0.05) is 17.0 Å². The quantitative estimate of drug-likeness (QED) is 0.712. The minimum absolute atomic E-state index is 0.802. The van der Waals surface area contributed by atoms with Crippen molar-refractivity contribution in [1.82, 2.24) is 9.97 Å². The van der Waals surface area contributed by atoms with Crippen molar-refractivity contribution in [2.24, 2.45) is 0 Å². The van der Waals surface area contributed by atoms with E-state index in [0.717, 1.165) is 56.5 Å². The lowest BCUT2D eigenvalue weighted by atomic mass is 10.1. The summed E-state index contributed by atoms with van der Waals surface area (Å²) < 4.78 is 5.50. The highest BCUT2D eigenvalue weighted by Crippen LogP contribution is 2.39. The van der Waals surface area contributed by atoms with Gasteiger partial charge in [0.2, 0.25) is 0 Å². The van der Waals surface area contributed by atoms with Crippen LogP contribution in [0.4, 0.5) is 5.82 Å². The fourth-order valence-electron chi connectivity index (χ4n) is 4.25. The number of anilines is 1. The van der Waals surface area contributed by atoms with Crippen LogP contribution < -0.4 is 10.2 Å². The van der Waals surface area contributed by atoms with Crippen LogP contribution in [-0.2, 0) is 30.7 Å². The molecule has 3 aromatic rings. The SMILES string of the molecule is c1ccc(C[NH+]2CCOCC2)c(CNc2ncnc3sc4c(c23)CCC4)c1. The molecule has 1 saturated heterocycles.